The summed E-state index contributed by atoms with van der Waals surface area (Å²) in [7, 11) is 0. The summed E-state index contributed by atoms with van der Waals surface area (Å²) in [6, 6.07) is 0. The highest BCUT2D eigenvalue weighted by atomic mass is 16.6. The third kappa shape index (κ3) is 30.6. The fourth-order valence-electron chi connectivity index (χ4n) is 4.07. The molecule has 244 valence electrons. The van der Waals surface area contributed by atoms with Gasteiger partial charge in [-0.2, -0.15) is 0 Å². The molecular weight excluding hydrogens is 540 g/mol. The molecule has 0 aliphatic heterocycles. The lowest BCUT2D eigenvalue weighted by molar-refractivity contribution is -0.161. The molecule has 0 amide bonds. The van der Waals surface area contributed by atoms with Crippen molar-refractivity contribution in [1.29, 1.82) is 0 Å². The molecule has 0 spiro atoms. The van der Waals surface area contributed by atoms with E-state index in [0.29, 0.717) is 6.42 Å². The molecule has 0 aromatic rings. The summed E-state index contributed by atoms with van der Waals surface area (Å²) in [5.41, 5.74) is 0. The van der Waals surface area contributed by atoms with E-state index in [2.05, 4.69) is 62.5 Å². The van der Waals surface area contributed by atoms with Gasteiger partial charge in [-0.05, 0) is 44.9 Å². The van der Waals surface area contributed by atoms with Crippen LogP contribution in [0.3, 0.4) is 0 Å². The van der Waals surface area contributed by atoms with E-state index in [1.54, 1.807) is 12.2 Å². The predicted octanol–water partition coefficient (Wildman–Crippen LogP) is 8.80. The Morgan fingerprint density at radius 1 is 0.651 bits per heavy atom. The largest absolute Gasteiger partial charge is 0.462 e. The topological polar surface area (TPSA) is 93.1 Å². The molecule has 0 aromatic carbocycles. The molecule has 0 aromatic heterocycles. The fourth-order valence-corrected chi connectivity index (χ4v) is 4.07. The first-order valence-electron chi connectivity index (χ1n) is 16.6. The number of carbonyl (C=O) groups is 2. The highest BCUT2D eigenvalue weighted by Crippen LogP contribution is 2.11. The zero-order valence-corrected chi connectivity index (χ0v) is 27.0. The number of unbranched alkanes of at least 4 members (excludes halogenated alkanes) is 8. The van der Waals surface area contributed by atoms with Gasteiger partial charge >= 0.3 is 11.9 Å². The second-order valence-electron chi connectivity index (χ2n) is 10.7. The first-order valence-corrected chi connectivity index (χ1v) is 16.6. The number of carbonyl (C=O) groups excluding carboxylic acids is 2. The molecule has 2 atom stereocenters. The van der Waals surface area contributed by atoms with Gasteiger partial charge in [-0.15, -0.1) is 0 Å². The van der Waals surface area contributed by atoms with Gasteiger partial charge in [0.15, 0.2) is 6.10 Å². The maximum atomic E-state index is 12.0. The van der Waals surface area contributed by atoms with Gasteiger partial charge in [0.2, 0.25) is 0 Å². The summed E-state index contributed by atoms with van der Waals surface area (Å²) >= 11 is 0. The molecule has 2 N–H and O–H groups in total. The number of aliphatic hydroxyl groups excluding tert-OH is 2. The van der Waals surface area contributed by atoms with E-state index in [1.807, 2.05) is 12.2 Å². The molecule has 6 heteroatoms. The lowest BCUT2D eigenvalue weighted by Gasteiger charge is -2.16. The second-order valence-corrected chi connectivity index (χ2v) is 10.7. The first-order chi connectivity index (χ1) is 21.0. The van der Waals surface area contributed by atoms with Crippen molar-refractivity contribution in [2.45, 2.75) is 135 Å². The second kappa shape index (κ2) is 32.2. The summed E-state index contributed by atoms with van der Waals surface area (Å²) in [5.74, 6) is -0.885. The van der Waals surface area contributed by atoms with E-state index in [9.17, 15) is 19.8 Å². The van der Waals surface area contributed by atoms with Crippen LogP contribution < -0.4 is 0 Å². The summed E-state index contributed by atoms with van der Waals surface area (Å²) in [6.07, 6.45) is 38.7. The van der Waals surface area contributed by atoms with Crippen LogP contribution in [0.25, 0.3) is 0 Å². The van der Waals surface area contributed by atoms with Gasteiger partial charge in [0, 0.05) is 12.8 Å². The lowest BCUT2D eigenvalue weighted by atomic mass is 10.1. The normalized spacial score (nSPS) is 13.9. The zero-order valence-electron chi connectivity index (χ0n) is 27.0. The minimum absolute atomic E-state index is 0.0295. The van der Waals surface area contributed by atoms with Crippen molar-refractivity contribution >= 4 is 11.9 Å². The molecule has 0 radical (unpaired) electrons. The molecule has 0 aliphatic rings. The number of allylic oxidation sites excluding steroid dienone is 11. The monoisotopic (exact) mass is 600 g/mol. The molecule has 0 saturated carbocycles. The van der Waals surface area contributed by atoms with Gasteiger partial charge < -0.3 is 19.7 Å². The molecular formula is C37H60O6. The highest BCUT2D eigenvalue weighted by Gasteiger charge is 2.16. The Labute approximate surface area is 262 Å². The van der Waals surface area contributed by atoms with Crippen molar-refractivity contribution in [3.8, 4) is 0 Å². The molecule has 0 aliphatic carbocycles. The number of aliphatic hydroxyl groups is 2. The summed E-state index contributed by atoms with van der Waals surface area (Å²) in [5, 5.41) is 19.5. The summed E-state index contributed by atoms with van der Waals surface area (Å²) in [4.78, 5) is 24.1. The number of hydrogen-bond acceptors (Lipinski definition) is 6. The number of rotatable bonds is 28. The third-order valence-corrected chi connectivity index (χ3v) is 6.63. The summed E-state index contributed by atoms with van der Waals surface area (Å²) < 4.78 is 10.4. The Kier molecular flexibility index (Phi) is 30.2. The van der Waals surface area contributed by atoms with Crippen LogP contribution >= 0.6 is 0 Å². The Bertz CT molecular complexity index is 836. The molecule has 0 fully saturated rings. The van der Waals surface area contributed by atoms with Crippen LogP contribution in [-0.2, 0) is 19.1 Å². The number of ether oxygens (including phenoxy) is 2. The Balaban J connectivity index is 3.91. The fraction of sp³-hybridized carbons (Fsp3) is 0.622. The van der Waals surface area contributed by atoms with Gasteiger partial charge in [0.1, 0.15) is 6.61 Å². The standard InChI is InChI=1S/C37H60O6/c1-3-5-7-9-11-13-14-15-16-17-18-19-21-22-24-26-28-34(39)30-31-36(40)42-33-35(32-38)43-37(41)29-27-25-23-20-12-10-8-6-4-2/h5,7,11,13,15-16,18-19,22,24,26,28,34-35,38-39H,3-4,6,8-10,12,14,17,20-21,23,25,27,29-33H2,1-2H3/b7-5-,13-11-,16-15-,19-18-,24-22-,28-26-/t34?,35-/m0/s1. The van der Waals surface area contributed by atoms with Crippen molar-refractivity contribution in [1.82, 2.24) is 0 Å². The Morgan fingerprint density at radius 3 is 1.74 bits per heavy atom. The van der Waals surface area contributed by atoms with E-state index in [4.69, 9.17) is 9.47 Å². The van der Waals surface area contributed by atoms with Gasteiger partial charge in [0.05, 0.1) is 12.7 Å². The van der Waals surface area contributed by atoms with Gasteiger partial charge in [0.25, 0.3) is 0 Å². The molecule has 0 rings (SSSR count). The zero-order chi connectivity index (χ0) is 31.6. The SMILES string of the molecule is CC/C=C\C/C=C\C/C=C\C/C=C\C/C=C\C=C/C(O)CCC(=O)OC[C@H](CO)OC(=O)CCCCCCCCCCC. The van der Waals surface area contributed by atoms with Crippen LogP contribution in [0.5, 0.6) is 0 Å². The number of esters is 2. The van der Waals surface area contributed by atoms with Crippen LogP contribution in [0, 0.1) is 0 Å². The average molecular weight is 601 g/mol. The van der Waals surface area contributed by atoms with Crippen LogP contribution in [0.1, 0.15) is 123 Å². The molecule has 6 nitrogen and oxygen atoms in total. The Morgan fingerprint density at radius 2 is 1.19 bits per heavy atom. The summed E-state index contributed by atoms with van der Waals surface area (Å²) in [6.45, 7) is 3.75. The first kappa shape index (κ1) is 40.3. The molecule has 0 heterocycles. The quantitative estimate of drug-likeness (QED) is 0.0403. The van der Waals surface area contributed by atoms with Crippen molar-refractivity contribution in [3.63, 3.8) is 0 Å². The average Bonchev–Trinajstić information content (AvgIpc) is 3.00. The maximum absolute atomic E-state index is 12.0. The molecule has 1 unspecified atom stereocenters. The lowest BCUT2D eigenvalue weighted by Crippen LogP contribution is -2.28. The van der Waals surface area contributed by atoms with Gasteiger partial charge in [-0.1, -0.05) is 138 Å². The van der Waals surface area contributed by atoms with E-state index >= 15 is 0 Å². The van der Waals surface area contributed by atoms with Crippen molar-refractivity contribution in [2.24, 2.45) is 0 Å². The van der Waals surface area contributed by atoms with E-state index in [0.717, 1.165) is 51.4 Å². The minimum Gasteiger partial charge on any atom is -0.462 e. The van der Waals surface area contributed by atoms with Crippen molar-refractivity contribution < 1.29 is 29.3 Å². The van der Waals surface area contributed by atoms with E-state index in [-0.39, 0.29) is 25.4 Å². The van der Waals surface area contributed by atoms with E-state index < -0.39 is 24.8 Å². The van der Waals surface area contributed by atoms with Crippen LogP contribution in [0.2, 0.25) is 0 Å². The molecule has 0 saturated heterocycles. The molecule has 43 heavy (non-hydrogen) atoms. The number of hydrogen-bond donors (Lipinski definition) is 2. The van der Waals surface area contributed by atoms with Crippen LogP contribution in [-0.4, -0.2) is 47.6 Å². The Hall–Kier alpha value is -2.70. The van der Waals surface area contributed by atoms with Crippen molar-refractivity contribution in [2.75, 3.05) is 13.2 Å². The third-order valence-electron chi connectivity index (χ3n) is 6.63. The highest BCUT2D eigenvalue weighted by molar-refractivity contribution is 5.70. The van der Waals surface area contributed by atoms with Gasteiger partial charge in [-0.3, -0.25) is 9.59 Å². The van der Waals surface area contributed by atoms with Gasteiger partial charge in [-0.25, -0.2) is 0 Å². The maximum Gasteiger partial charge on any atom is 0.306 e. The molecule has 0 bridgehead atoms. The van der Waals surface area contributed by atoms with E-state index in [1.165, 1.54) is 38.5 Å². The smallest absolute Gasteiger partial charge is 0.306 e. The van der Waals surface area contributed by atoms with Crippen LogP contribution in [0.4, 0.5) is 0 Å². The minimum atomic E-state index is -0.866. The van der Waals surface area contributed by atoms with Crippen molar-refractivity contribution in [3.05, 3.63) is 72.9 Å². The predicted molar refractivity (Wildman–Crippen MR) is 179 cm³/mol. The van der Waals surface area contributed by atoms with Crippen LogP contribution in [0.15, 0.2) is 72.9 Å².